The first-order valence-electron chi connectivity index (χ1n) is 8.07. The first kappa shape index (κ1) is 19.7. The van der Waals surface area contributed by atoms with Gasteiger partial charge in [-0.3, -0.25) is 14.9 Å². The van der Waals surface area contributed by atoms with Crippen LogP contribution >= 0.6 is 23.4 Å². The minimum atomic E-state index is -0.657. The van der Waals surface area contributed by atoms with Crippen LogP contribution in [0.15, 0.2) is 46.3 Å². The highest BCUT2D eigenvalue weighted by molar-refractivity contribution is 8.18. The number of hydrogen-bond acceptors (Lipinski definition) is 7. The molecule has 3 rings (SSSR count). The van der Waals surface area contributed by atoms with Gasteiger partial charge in [-0.05, 0) is 55.1 Å². The third kappa shape index (κ3) is 4.26. The van der Waals surface area contributed by atoms with E-state index in [1.165, 1.54) is 18.2 Å². The van der Waals surface area contributed by atoms with E-state index in [2.05, 4.69) is 10.3 Å². The van der Waals surface area contributed by atoms with Crippen molar-refractivity contribution < 1.29 is 19.6 Å². The second-order valence-electron chi connectivity index (χ2n) is 5.50. The summed E-state index contributed by atoms with van der Waals surface area (Å²) in [5, 5.41) is 24.8. The number of carbonyl (C=O) groups is 1. The largest absolute Gasteiger partial charge is 0.504 e. The maximum absolute atomic E-state index is 12.2. The maximum atomic E-state index is 12.2. The highest BCUT2D eigenvalue weighted by atomic mass is 35.5. The van der Waals surface area contributed by atoms with Crippen LogP contribution in [0, 0.1) is 10.1 Å². The van der Waals surface area contributed by atoms with Crippen LogP contribution in [0.4, 0.5) is 11.4 Å². The summed E-state index contributed by atoms with van der Waals surface area (Å²) in [5.41, 5.74) is 0.279. The summed E-state index contributed by atoms with van der Waals surface area (Å²) in [4.78, 5) is 27.6. The smallest absolute Gasteiger partial charge is 0.322 e. The van der Waals surface area contributed by atoms with Crippen LogP contribution in [0.2, 0.25) is 5.02 Å². The number of hydrogen-bond donors (Lipinski definition) is 2. The number of amides is 1. The Hall–Kier alpha value is -3.04. The molecule has 2 aromatic rings. The van der Waals surface area contributed by atoms with Gasteiger partial charge in [0.15, 0.2) is 10.9 Å². The molecule has 1 heterocycles. The summed E-state index contributed by atoms with van der Waals surface area (Å²) in [6.07, 6.45) is 1.36. The van der Waals surface area contributed by atoms with Gasteiger partial charge in [0, 0.05) is 5.02 Å². The zero-order valence-electron chi connectivity index (χ0n) is 14.5. The molecule has 10 heteroatoms. The van der Waals surface area contributed by atoms with Gasteiger partial charge in [-0.2, -0.15) is 0 Å². The molecular weight excluding hydrogens is 406 g/mol. The number of phenols is 1. The van der Waals surface area contributed by atoms with Gasteiger partial charge in [0.05, 0.1) is 27.7 Å². The fraction of sp³-hybridized carbons (Fsp3) is 0.111. The first-order chi connectivity index (χ1) is 13.4. The molecule has 1 aliphatic rings. The third-order valence-corrected chi connectivity index (χ3v) is 4.73. The van der Waals surface area contributed by atoms with Gasteiger partial charge in [0.1, 0.15) is 0 Å². The molecule has 0 spiro atoms. The number of nitrogens with zero attached hydrogens (tertiary/aromatic N) is 2. The highest BCUT2D eigenvalue weighted by Crippen LogP contribution is 2.41. The van der Waals surface area contributed by atoms with Crippen molar-refractivity contribution in [2.24, 2.45) is 4.99 Å². The summed E-state index contributed by atoms with van der Waals surface area (Å²) in [6, 6.07) is 9.44. The van der Waals surface area contributed by atoms with Gasteiger partial charge in [-0.25, -0.2) is 4.99 Å². The quantitative estimate of drug-likeness (QED) is 0.425. The molecule has 0 aromatic heterocycles. The molecule has 0 radical (unpaired) electrons. The van der Waals surface area contributed by atoms with Crippen LogP contribution in [-0.4, -0.2) is 27.7 Å². The minimum absolute atomic E-state index is 0.132. The first-order valence-corrected chi connectivity index (χ1v) is 9.26. The Morgan fingerprint density at radius 2 is 2.18 bits per heavy atom. The number of amidine groups is 1. The maximum Gasteiger partial charge on any atom is 0.322 e. The number of aromatic hydroxyl groups is 1. The van der Waals surface area contributed by atoms with Gasteiger partial charge < -0.3 is 15.2 Å². The van der Waals surface area contributed by atoms with E-state index in [0.717, 1.165) is 11.8 Å². The number of ether oxygens (including phenoxy) is 1. The van der Waals surface area contributed by atoms with E-state index in [-0.39, 0.29) is 28.6 Å². The average molecular weight is 420 g/mol. The lowest BCUT2D eigenvalue weighted by Crippen LogP contribution is -2.19. The van der Waals surface area contributed by atoms with Gasteiger partial charge in [0.25, 0.3) is 5.91 Å². The predicted octanol–water partition coefficient (Wildman–Crippen LogP) is 4.24. The fourth-order valence-corrected chi connectivity index (χ4v) is 3.47. The van der Waals surface area contributed by atoms with Crippen molar-refractivity contribution in [3.8, 4) is 11.5 Å². The molecule has 0 atom stereocenters. The summed E-state index contributed by atoms with van der Waals surface area (Å²) < 4.78 is 5.21. The van der Waals surface area contributed by atoms with Crippen molar-refractivity contribution in [1.29, 1.82) is 0 Å². The van der Waals surface area contributed by atoms with Crippen LogP contribution < -0.4 is 10.1 Å². The minimum Gasteiger partial charge on any atom is -0.504 e. The number of nitrogens with one attached hydrogen (secondary N) is 1. The Labute approximate surface area is 169 Å². The van der Waals surface area contributed by atoms with Gasteiger partial charge in [-0.15, -0.1) is 0 Å². The lowest BCUT2D eigenvalue weighted by atomic mass is 10.1. The SMILES string of the molecule is CCOc1c(O)ccc(/C=C2\SC(=Nc3cccc(Cl)c3)NC2=O)c1[N+](=O)[O-]. The number of phenolic OH excluding ortho intramolecular Hbond substituents is 1. The van der Waals surface area contributed by atoms with Crippen LogP contribution in [0.1, 0.15) is 12.5 Å². The molecule has 0 saturated carbocycles. The molecule has 0 unspecified atom stereocenters. The molecule has 144 valence electrons. The monoisotopic (exact) mass is 419 g/mol. The topological polar surface area (TPSA) is 114 Å². The van der Waals surface area contributed by atoms with Crippen LogP contribution in [0.3, 0.4) is 0 Å². The molecule has 1 aliphatic heterocycles. The number of nitro benzene ring substituents is 1. The Bertz CT molecular complexity index is 1020. The third-order valence-electron chi connectivity index (χ3n) is 3.59. The fourth-order valence-electron chi connectivity index (χ4n) is 2.45. The van der Waals surface area contributed by atoms with E-state index in [4.69, 9.17) is 16.3 Å². The summed E-state index contributed by atoms with van der Waals surface area (Å²) in [6.45, 7) is 1.78. The average Bonchev–Trinajstić information content (AvgIpc) is 2.96. The molecule has 1 amide bonds. The number of benzene rings is 2. The van der Waals surface area contributed by atoms with Crippen LogP contribution in [-0.2, 0) is 4.79 Å². The van der Waals surface area contributed by atoms with Crippen molar-refractivity contribution in [2.45, 2.75) is 6.92 Å². The second-order valence-corrected chi connectivity index (χ2v) is 6.97. The number of thioether (sulfide) groups is 1. The lowest BCUT2D eigenvalue weighted by molar-refractivity contribution is -0.386. The Balaban J connectivity index is 1.97. The summed E-state index contributed by atoms with van der Waals surface area (Å²) >= 11 is 6.96. The number of nitro groups is 1. The van der Waals surface area contributed by atoms with Crippen molar-refractivity contribution in [1.82, 2.24) is 5.32 Å². The van der Waals surface area contributed by atoms with E-state index >= 15 is 0 Å². The van der Waals surface area contributed by atoms with Gasteiger partial charge in [0.2, 0.25) is 5.75 Å². The van der Waals surface area contributed by atoms with E-state index in [1.807, 2.05) is 0 Å². The van der Waals surface area contributed by atoms with Crippen molar-refractivity contribution in [3.63, 3.8) is 0 Å². The van der Waals surface area contributed by atoms with E-state index in [0.29, 0.717) is 15.9 Å². The van der Waals surface area contributed by atoms with E-state index in [9.17, 15) is 20.0 Å². The normalized spacial score (nSPS) is 16.4. The number of carbonyl (C=O) groups excluding carboxylic acids is 1. The standard InChI is InChI=1S/C18H14ClN3O5S/c1-2-27-16-13(23)7-6-10(15(16)22(25)26)8-14-17(24)21-18(28-14)20-12-5-3-4-11(19)9-12/h3-9,23H,2H2,1H3,(H,20,21,24)/b14-8-. The molecule has 2 N–H and O–H groups in total. The Morgan fingerprint density at radius 3 is 2.86 bits per heavy atom. The summed E-state index contributed by atoms with van der Waals surface area (Å²) in [7, 11) is 0. The zero-order valence-corrected chi connectivity index (χ0v) is 16.1. The molecular formula is C18H14ClN3O5S. The Morgan fingerprint density at radius 1 is 1.39 bits per heavy atom. The molecule has 2 aromatic carbocycles. The molecule has 1 saturated heterocycles. The molecule has 1 fully saturated rings. The molecule has 8 nitrogen and oxygen atoms in total. The van der Waals surface area contributed by atoms with Crippen molar-refractivity contribution in [3.05, 3.63) is 62.0 Å². The van der Waals surface area contributed by atoms with Gasteiger partial charge >= 0.3 is 5.69 Å². The number of aliphatic imine (C=N–C) groups is 1. The predicted molar refractivity (Wildman–Crippen MR) is 108 cm³/mol. The highest BCUT2D eigenvalue weighted by Gasteiger charge is 2.28. The van der Waals surface area contributed by atoms with E-state index < -0.39 is 16.5 Å². The zero-order chi connectivity index (χ0) is 20.3. The lowest BCUT2D eigenvalue weighted by Gasteiger charge is -2.08. The summed E-state index contributed by atoms with van der Waals surface area (Å²) in [5.74, 6) is -1.02. The number of rotatable bonds is 5. The van der Waals surface area contributed by atoms with Gasteiger partial charge in [-0.1, -0.05) is 17.7 Å². The molecule has 28 heavy (non-hydrogen) atoms. The number of halogens is 1. The van der Waals surface area contributed by atoms with Crippen LogP contribution in [0.5, 0.6) is 11.5 Å². The second kappa shape index (κ2) is 8.32. The molecule has 0 aliphatic carbocycles. The van der Waals surface area contributed by atoms with Crippen molar-refractivity contribution in [2.75, 3.05) is 6.61 Å². The Kier molecular flexibility index (Phi) is 5.86. The van der Waals surface area contributed by atoms with Crippen LogP contribution in [0.25, 0.3) is 6.08 Å². The molecule has 0 bridgehead atoms. The van der Waals surface area contributed by atoms with Crippen molar-refractivity contribution >= 4 is 51.9 Å². The van der Waals surface area contributed by atoms with E-state index in [1.54, 1.807) is 31.2 Å².